The predicted octanol–water partition coefficient (Wildman–Crippen LogP) is 3.13. The van der Waals surface area contributed by atoms with Crippen molar-refractivity contribution in [3.8, 4) is 0 Å². The number of hydrogen-bond donors (Lipinski definition) is 1. The lowest BCUT2D eigenvalue weighted by Gasteiger charge is -2.21. The number of amides is 1. The van der Waals surface area contributed by atoms with Crippen molar-refractivity contribution in [3.63, 3.8) is 0 Å². The summed E-state index contributed by atoms with van der Waals surface area (Å²) in [6.07, 6.45) is 0. The van der Waals surface area contributed by atoms with E-state index in [9.17, 15) is 9.18 Å². The summed E-state index contributed by atoms with van der Waals surface area (Å²) in [7, 11) is 0. The van der Waals surface area contributed by atoms with Crippen LogP contribution in [0.2, 0.25) is 0 Å². The van der Waals surface area contributed by atoms with Crippen LogP contribution >= 0.6 is 12.2 Å². The molecular weight excluding hydrogens is 287 g/mol. The van der Waals surface area contributed by atoms with Crippen LogP contribution in [0.1, 0.15) is 22.8 Å². The van der Waals surface area contributed by atoms with Gasteiger partial charge >= 0.3 is 0 Å². The number of nitrogens with zero attached hydrogens (tertiary/aromatic N) is 1. The zero-order valence-electron chi connectivity index (χ0n) is 11.5. The zero-order chi connectivity index (χ0) is 15.4. The van der Waals surface area contributed by atoms with E-state index in [2.05, 4.69) is 0 Å². The highest BCUT2D eigenvalue weighted by Gasteiger charge is 2.16. The second-order valence-corrected chi connectivity index (χ2v) is 4.91. The number of thiocarbonyl (C=S) groups is 1. The van der Waals surface area contributed by atoms with Gasteiger partial charge in [-0.3, -0.25) is 4.79 Å². The Kier molecular flexibility index (Phi) is 4.65. The maximum atomic E-state index is 13.0. The van der Waals surface area contributed by atoms with Crippen LogP contribution in [-0.2, 0) is 0 Å². The first-order chi connectivity index (χ1) is 10.0. The first-order valence-electron chi connectivity index (χ1n) is 6.50. The summed E-state index contributed by atoms with van der Waals surface area (Å²) in [6.45, 7) is 2.33. The van der Waals surface area contributed by atoms with Gasteiger partial charge in [0.1, 0.15) is 10.8 Å². The molecule has 0 aromatic heterocycles. The normalized spacial score (nSPS) is 10.2. The van der Waals surface area contributed by atoms with E-state index >= 15 is 0 Å². The summed E-state index contributed by atoms with van der Waals surface area (Å²) in [6, 6.07) is 12.7. The van der Waals surface area contributed by atoms with E-state index in [4.69, 9.17) is 18.0 Å². The standard InChI is InChI=1S/C16H15FN2OS/c1-2-19(14-8-6-13(17)7-9-14)16(20)12-5-3-4-11(10-12)15(18)21/h3-10H,2H2,1H3,(H2,18,21). The van der Waals surface area contributed by atoms with Gasteiger partial charge < -0.3 is 10.6 Å². The van der Waals surface area contributed by atoms with Crippen LogP contribution in [0.4, 0.5) is 10.1 Å². The van der Waals surface area contributed by atoms with E-state index in [1.165, 1.54) is 12.1 Å². The third-order valence-electron chi connectivity index (χ3n) is 3.09. The molecule has 2 rings (SSSR count). The fraction of sp³-hybridized carbons (Fsp3) is 0.125. The Hall–Kier alpha value is -2.27. The van der Waals surface area contributed by atoms with E-state index in [0.717, 1.165) is 0 Å². The largest absolute Gasteiger partial charge is 0.389 e. The molecule has 108 valence electrons. The van der Waals surface area contributed by atoms with Crippen LogP contribution < -0.4 is 10.6 Å². The monoisotopic (exact) mass is 302 g/mol. The first kappa shape index (κ1) is 15.1. The van der Waals surface area contributed by atoms with E-state index in [1.807, 2.05) is 6.92 Å². The number of carbonyl (C=O) groups is 1. The number of rotatable bonds is 4. The second-order valence-electron chi connectivity index (χ2n) is 4.47. The maximum Gasteiger partial charge on any atom is 0.258 e. The van der Waals surface area contributed by atoms with Gasteiger partial charge in [-0.05, 0) is 43.3 Å². The zero-order valence-corrected chi connectivity index (χ0v) is 12.4. The van der Waals surface area contributed by atoms with Crippen molar-refractivity contribution in [2.24, 2.45) is 5.73 Å². The van der Waals surface area contributed by atoms with Gasteiger partial charge in [-0.2, -0.15) is 0 Å². The molecule has 0 saturated carbocycles. The van der Waals surface area contributed by atoms with Gasteiger partial charge in [-0.15, -0.1) is 0 Å². The molecule has 0 aliphatic carbocycles. The van der Waals surface area contributed by atoms with Crippen LogP contribution in [0, 0.1) is 5.82 Å². The van der Waals surface area contributed by atoms with Crippen molar-refractivity contribution in [1.29, 1.82) is 0 Å². The Morgan fingerprint density at radius 3 is 2.38 bits per heavy atom. The Morgan fingerprint density at radius 1 is 1.19 bits per heavy atom. The van der Waals surface area contributed by atoms with Crippen molar-refractivity contribution in [3.05, 3.63) is 65.5 Å². The summed E-state index contributed by atoms with van der Waals surface area (Å²) < 4.78 is 13.0. The van der Waals surface area contributed by atoms with Crippen LogP contribution in [0.25, 0.3) is 0 Å². The lowest BCUT2D eigenvalue weighted by Crippen LogP contribution is -2.30. The molecule has 21 heavy (non-hydrogen) atoms. The van der Waals surface area contributed by atoms with Gasteiger partial charge in [0.25, 0.3) is 5.91 Å². The summed E-state index contributed by atoms with van der Waals surface area (Å²) in [4.78, 5) is 14.4. The van der Waals surface area contributed by atoms with Gasteiger partial charge in [0.15, 0.2) is 0 Å². The minimum absolute atomic E-state index is 0.179. The third-order valence-corrected chi connectivity index (χ3v) is 3.33. The van der Waals surface area contributed by atoms with Crippen LogP contribution in [0.15, 0.2) is 48.5 Å². The maximum absolute atomic E-state index is 13.0. The minimum Gasteiger partial charge on any atom is -0.389 e. The summed E-state index contributed by atoms with van der Waals surface area (Å²) in [5.74, 6) is -0.514. The SMILES string of the molecule is CCN(C(=O)c1cccc(C(N)=S)c1)c1ccc(F)cc1. The molecule has 3 nitrogen and oxygen atoms in total. The highest BCUT2D eigenvalue weighted by Crippen LogP contribution is 2.18. The van der Waals surface area contributed by atoms with Gasteiger partial charge in [-0.25, -0.2) is 4.39 Å². The lowest BCUT2D eigenvalue weighted by molar-refractivity contribution is 0.0988. The molecule has 1 amide bonds. The van der Waals surface area contributed by atoms with Crippen molar-refractivity contribution >= 4 is 28.8 Å². The molecule has 2 aromatic carbocycles. The fourth-order valence-corrected chi connectivity index (χ4v) is 2.15. The fourth-order valence-electron chi connectivity index (χ4n) is 2.03. The van der Waals surface area contributed by atoms with Crippen molar-refractivity contribution < 1.29 is 9.18 Å². The average Bonchev–Trinajstić information content (AvgIpc) is 2.50. The molecular formula is C16H15FN2OS. The molecule has 0 aliphatic rings. The van der Waals surface area contributed by atoms with E-state index in [1.54, 1.807) is 41.3 Å². The molecule has 0 bridgehead atoms. The molecule has 0 radical (unpaired) electrons. The molecule has 0 unspecified atom stereocenters. The molecule has 0 spiro atoms. The number of anilines is 1. The molecule has 2 aromatic rings. The first-order valence-corrected chi connectivity index (χ1v) is 6.91. The topological polar surface area (TPSA) is 46.3 Å². The number of nitrogens with two attached hydrogens (primary N) is 1. The van der Waals surface area contributed by atoms with Gasteiger partial charge in [0, 0.05) is 23.4 Å². The second kappa shape index (κ2) is 6.45. The Morgan fingerprint density at radius 2 is 1.81 bits per heavy atom. The van der Waals surface area contributed by atoms with E-state index in [0.29, 0.717) is 23.4 Å². The molecule has 0 saturated heterocycles. The lowest BCUT2D eigenvalue weighted by atomic mass is 10.1. The Balaban J connectivity index is 2.34. The molecule has 0 fully saturated rings. The number of hydrogen-bond acceptors (Lipinski definition) is 2. The predicted molar refractivity (Wildman–Crippen MR) is 86.1 cm³/mol. The van der Waals surface area contributed by atoms with Crippen molar-refractivity contribution in [2.75, 3.05) is 11.4 Å². The van der Waals surface area contributed by atoms with Gasteiger partial charge in [0.05, 0.1) is 0 Å². The van der Waals surface area contributed by atoms with Crippen LogP contribution in [0.5, 0.6) is 0 Å². The molecule has 0 heterocycles. The van der Waals surface area contributed by atoms with Crippen molar-refractivity contribution in [1.82, 2.24) is 0 Å². The van der Waals surface area contributed by atoms with Gasteiger partial charge in [0.2, 0.25) is 0 Å². The molecule has 2 N–H and O–H groups in total. The minimum atomic E-state index is -0.335. The highest BCUT2D eigenvalue weighted by atomic mass is 32.1. The number of benzene rings is 2. The van der Waals surface area contributed by atoms with E-state index in [-0.39, 0.29) is 16.7 Å². The van der Waals surface area contributed by atoms with Gasteiger partial charge in [-0.1, -0.05) is 24.4 Å². The number of carbonyl (C=O) groups excluding carboxylic acids is 1. The number of halogens is 1. The summed E-state index contributed by atoms with van der Waals surface area (Å²) >= 11 is 4.92. The third kappa shape index (κ3) is 3.44. The average molecular weight is 302 g/mol. The summed E-state index contributed by atoms with van der Waals surface area (Å²) in [5, 5.41) is 0. The highest BCUT2D eigenvalue weighted by molar-refractivity contribution is 7.80. The molecule has 0 aliphatic heterocycles. The quantitative estimate of drug-likeness (QED) is 0.883. The molecule has 0 atom stereocenters. The van der Waals surface area contributed by atoms with E-state index < -0.39 is 0 Å². The summed E-state index contributed by atoms with van der Waals surface area (Å²) in [5.41, 5.74) is 7.36. The van der Waals surface area contributed by atoms with Crippen LogP contribution in [0.3, 0.4) is 0 Å². The Labute approximate surface area is 128 Å². The Bertz CT molecular complexity index is 670. The van der Waals surface area contributed by atoms with Crippen LogP contribution in [-0.4, -0.2) is 17.4 Å². The molecule has 5 heteroatoms. The smallest absolute Gasteiger partial charge is 0.258 e. The van der Waals surface area contributed by atoms with Crippen molar-refractivity contribution in [2.45, 2.75) is 6.92 Å².